The number of nitrogens with zero attached hydrogens (tertiary/aromatic N) is 1. The van der Waals surface area contributed by atoms with Gasteiger partial charge in [-0.2, -0.15) is 13.2 Å². The SMILES string of the molecule is C=C(C)CNC(N)=NCc1ccc(OCC(F)(F)F)cc1. The van der Waals surface area contributed by atoms with Crippen LogP contribution >= 0.6 is 0 Å². The lowest BCUT2D eigenvalue weighted by molar-refractivity contribution is -0.153. The second kappa shape index (κ2) is 7.56. The summed E-state index contributed by atoms with van der Waals surface area (Å²) < 4.78 is 40.6. The highest BCUT2D eigenvalue weighted by molar-refractivity contribution is 5.78. The molecule has 0 saturated carbocycles. The van der Waals surface area contributed by atoms with E-state index < -0.39 is 12.8 Å². The Kier molecular flexibility index (Phi) is 6.08. The van der Waals surface area contributed by atoms with Crippen molar-refractivity contribution in [1.82, 2.24) is 5.32 Å². The molecule has 116 valence electrons. The number of benzene rings is 1. The molecule has 0 aliphatic carbocycles. The number of nitrogens with one attached hydrogen (secondary N) is 1. The van der Waals surface area contributed by atoms with Crippen molar-refractivity contribution in [3.63, 3.8) is 0 Å². The number of rotatable bonds is 6. The molecule has 0 unspecified atom stereocenters. The molecule has 0 aliphatic heterocycles. The van der Waals surface area contributed by atoms with Crippen LogP contribution in [-0.2, 0) is 6.54 Å². The first-order valence-corrected chi connectivity index (χ1v) is 6.23. The van der Waals surface area contributed by atoms with Crippen LogP contribution in [-0.4, -0.2) is 25.3 Å². The molecule has 0 amide bonds. The molecule has 0 fully saturated rings. The van der Waals surface area contributed by atoms with Crippen molar-refractivity contribution >= 4 is 5.96 Å². The van der Waals surface area contributed by atoms with Gasteiger partial charge in [-0.25, -0.2) is 4.99 Å². The third-order valence-electron chi connectivity index (χ3n) is 2.33. The zero-order valence-electron chi connectivity index (χ0n) is 11.7. The molecule has 0 aromatic heterocycles. The summed E-state index contributed by atoms with van der Waals surface area (Å²) in [5, 5.41) is 2.88. The number of hydrogen-bond acceptors (Lipinski definition) is 2. The van der Waals surface area contributed by atoms with Gasteiger partial charge in [-0.3, -0.25) is 0 Å². The molecule has 0 spiro atoms. The van der Waals surface area contributed by atoms with E-state index in [-0.39, 0.29) is 11.7 Å². The van der Waals surface area contributed by atoms with E-state index >= 15 is 0 Å². The van der Waals surface area contributed by atoms with Gasteiger partial charge in [-0.05, 0) is 24.6 Å². The van der Waals surface area contributed by atoms with Gasteiger partial charge in [0.05, 0.1) is 6.54 Å². The van der Waals surface area contributed by atoms with Gasteiger partial charge >= 0.3 is 6.18 Å². The van der Waals surface area contributed by atoms with Gasteiger partial charge in [-0.1, -0.05) is 24.3 Å². The molecule has 1 rings (SSSR count). The predicted octanol–water partition coefficient (Wildman–Crippen LogP) is 2.61. The van der Waals surface area contributed by atoms with Gasteiger partial charge in [0.1, 0.15) is 5.75 Å². The molecule has 0 saturated heterocycles. The number of alkyl halides is 3. The van der Waals surface area contributed by atoms with Crippen molar-refractivity contribution < 1.29 is 17.9 Å². The summed E-state index contributed by atoms with van der Waals surface area (Å²) in [4.78, 5) is 4.10. The Bertz CT molecular complexity index is 495. The highest BCUT2D eigenvalue weighted by Gasteiger charge is 2.28. The largest absolute Gasteiger partial charge is 0.484 e. The van der Waals surface area contributed by atoms with E-state index in [1.807, 2.05) is 6.92 Å². The number of halogens is 3. The van der Waals surface area contributed by atoms with Crippen LogP contribution in [0.2, 0.25) is 0 Å². The molecule has 0 heterocycles. The molecule has 1 aromatic carbocycles. The zero-order chi connectivity index (χ0) is 15.9. The highest BCUT2D eigenvalue weighted by Crippen LogP contribution is 2.18. The van der Waals surface area contributed by atoms with Crippen molar-refractivity contribution in [1.29, 1.82) is 0 Å². The number of ether oxygens (including phenoxy) is 1. The third-order valence-corrected chi connectivity index (χ3v) is 2.33. The summed E-state index contributed by atoms with van der Waals surface area (Å²) in [6, 6.07) is 6.21. The Morgan fingerprint density at radius 3 is 2.48 bits per heavy atom. The number of hydrogen-bond donors (Lipinski definition) is 2. The summed E-state index contributed by atoms with van der Waals surface area (Å²) in [7, 11) is 0. The summed E-state index contributed by atoms with van der Waals surface area (Å²) in [6.45, 7) is 5.15. The smallest absolute Gasteiger partial charge is 0.422 e. The first-order valence-electron chi connectivity index (χ1n) is 6.23. The fourth-order valence-electron chi connectivity index (χ4n) is 1.33. The minimum Gasteiger partial charge on any atom is -0.484 e. The standard InChI is InChI=1S/C14H18F3N3O/c1-10(2)7-19-13(18)20-8-11-3-5-12(6-4-11)21-9-14(15,16)17/h3-6H,1,7-9H2,2H3,(H3,18,19,20). The van der Waals surface area contributed by atoms with Crippen LogP contribution in [0, 0.1) is 0 Å². The number of guanidine groups is 1. The molecule has 0 atom stereocenters. The Morgan fingerprint density at radius 2 is 1.95 bits per heavy atom. The molecular weight excluding hydrogens is 283 g/mol. The minimum absolute atomic E-state index is 0.161. The van der Waals surface area contributed by atoms with Gasteiger partial charge in [0.2, 0.25) is 0 Å². The summed E-state index contributed by atoms with van der Waals surface area (Å²) in [5.41, 5.74) is 7.39. The average Bonchev–Trinajstić information content (AvgIpc) is 2.41. The van der Waals surface area contributed by atoms with Gasteiger partial charge in [0.15, 0.2) is 12.6 Å². The molecule has 3 N–H and O–H groups in total. The molecule has 1 aromatic rings. The summed E-state index contributed by atoms with van der Waals surface area (Å²) in [6.07, 6.45) is -4.34. The van der Waals surface area contributed by atoms with Crippen molar-refractivity contribution in [2.24, 2.45) is 10.7 Å². The van der Waals surface area contributed by atoms with Crippen molar-refractivity contribution in [3.8, 4) is 5.75 Å². The normalized spacial score (nSPS) is 12.1. The van der Waals surface area contributed by atoms with Crippen LogP contribution in [0.25, 0.3) is 0 Å². The van der Waals surface area contributed by atoms with Crippen LogP contribution in [0.3, 0.4) is 0 Å². The Hall–Kier alpha value is -2.18. The summed E-state index contributed by atoms with van der Waals surface area (Å²) >= 11 is 0. The third kappa shape index (κ3) is 7.86. The maximum Gasteiger partial charge on any atom is 0.422 e. The van der Waals surface area contributed by atoms with Crippen LogP contribution in [0.1, 0.15) is 12.5 Å². The number of nitrogens with two attached hydrogens (primary N) is 1. The van der Waals surface area contributed by atoms with E-state index in [0.29, 0.717) is 13.1 Å². The van der Waals surface area contributed by atoms with Crippen molar-refractivity contribution in [2.75, 3.05) is 13.2 Å². The van der Waals surface area contributed by atoms with E-state index in [9.17, 15) is 13.2 Å². The zero-order valence-corrected chi connectivity index (χ0v) is 11.7. The molecule has 7 heteroatoms. The van der Waals surface area contributed by atoms with Crippen LogP contribution in [0.5, 0.6) is 5.75 Å². The molecule has 0 aliphatic rings. The van der Waals surface area contributed by atoms with E-state index in [2.05, 4.69) is 21.6 Å². The fraction of sp³-hybridized carbons (Fsp3) is 0.357. The molecular formula is C14H18F3N3O. The van der Waals surface area contributed by atoms with Crippen LogP contribution < -0.4 is 15.8 Å². The molecule has 21 heavy (non-hydrogen) atoms. The first-order chi connectivity index (χ1) is 9.76. The van der Waals surface area contributed by atoms with Gasteiger partial charge < -0.3 is 15.8 Å². The number of aliphatic imine (C=N–C) groups is 1. The minimum atomic E-state index is -4.34. The van der Waals surface area contributed by atoms with Gasteiger partial charge in [0, 0.05) is 6.54 Å². The lowest BCUT2D eigenvalue weighted by Crippen LogP contribution is -2.32. The lowest BCUT2D eigenvalue weighted by atomic mass is 10.2. The molecule has 4 nitrogen and oxygen atoms in total. The quantitative estimate of drug-likeness (QED) is 0.482. The maximum absolute atomic E-state index is 12.0. The Balaban J connectivity index is 2.47. The van der Waals surface area contributed by atoms with E-state index in [4.69, 9.17) is 5.73 Å². The summed E-state index contributed by atoms with van der Waals surface area (Å²) in [5.74, 6) is 0.448. The topological polar surface area (TPSA) is 59.6 Å². The van der Waals surface area contributed by atoms with E-state index in [1.165, 1.54) is 12.1 Å². The van der Waals surface area contributed by atoms with Crippen LogP contribution in [0.4, 0.5) is 13.2 Å². The van der Waals surface area contributed by atoms with Gasteiger partial charge in [0.25, 0.3) is 0 Å². The maximum atomic E-state index is 12.0. The van der Waals surface area contributed by atoms with Crippen molar-refractivity contribution in [2.45, 2.75) is 19.6 Å². The van der Waals surface area contributed by atoms with Gasteiger partial charge in [-0.15, -0.1) is 0 Å². The monoisotopic (exact) mass is 301 g/mol. The average molecular weight is 301 g/mol. The molecule has 0 bridgehead atoms. The van der Waals surface area contributed by atoms with Crippen molar-refractivity contribution in [3.05, 3.63) is 42.0 Å². The van der Waals surface area contributed by atoms with E-state index in [0.717, 1.165) is 11.1 Å². The Labute approximate surface area is 121 Å². The highest BCUT2D eigenvalue weighted by atomic mass is 19.4. The van der Waals surface area contributed by atoms with E-state index in [1.54, 1.807) is 12.1 Å². The predicted molar refractivity (Wildman–Crippen MR) is 76.1 cm³/mol. The lowest BCUT2D eigenvalue weighted by Gasteiger charge is -2.09. The molecule has 0 radical (unpaired) electrons. The Morgan fingerprint density at radius 1 is 1.33 bits per heavy atom. The second-order valence-electron chi connectivity index (χ2n) is 4.56. The first kappa shape index (κ1) is 16.9. The second-order valence-corrected chi connectivity index (χ2v) is 4.56. The fourth-order valence-corrected chi connectivity index (χ4v) is 1.33. The van der Waals surface area contributed by atoms with Crippen LogP contribution in [0.15, 0.2) is 41.4 Å².